The van der Waals surface area contributed by atoms with Crippen LogP contribution < -0.4 is 0 Å². The molecule has 0 aliphatic rings. The summed E-state index contributed by atoms with van der Waals surface area (Å²) in [7, 11) is 3.06. The Labute approximate surface area is 61.8 Å². The van der Waals surface area contributed by atoms with Gasteiger partial charge in [-0.25, -0.2) is 0 Å². The van der Waals surface area contributed by atoms with Crippen molar-refractivity contribution in [3.8, 4) is 0 Å². The predicted molar refractivity (Wildman–Crippen MR) is 40.4 cm³/mol. The Kier molecular flexibility index (Phi) is 3.36. The van der Waals surface area contributed by atoms with Crippen LogP contribution in [0, 0.1) is 5.41 Å². The second kappa shape index (κ2) is 3.56. The Hall–Kier alpha value is -0.570. The van der Waals surface area contributed by atoms with Crippen molar-refractivity contribution in [3.05, 3.63) is 0 Å². The summed E-state index contributed by atoms with van der Waals surface area (Å²) < 4.78 is 9.85. The van der Waals surface area contributed by atoms with Crippen LogP contribution in [0.5, 0.6) is 0 Å². The Morgan fingerprint density at radius 2 is 2.00 bits per heavy atom. The monoisotopic (exact) mass is 145 g/mol. The summed E-state index contributed by atoms with van der Waals surface area (Å²) in [5, 5.41) is 7.34. The molecule has 1 unspecified atom stereocenters. The number of nitrogens with one attached hydrogen (secondary N) is 1. The Morgan fingerprint density at radius 1 is 1.50 bits per heavy atom. The van der Waals surface area contributed by atoms with Crippen LogP contribution >= 0.6 is 0 Å². The van der Waals surface area contributed by atoms with E-state index in [0.717, 1.165) is 6.42 Å². The minimum absolute atomic E-state index is 0.178. The van der Waals surface area contributed by atoms with Gasteiger partial charge in [0, 0.05) is 7.11 Å². The highest BCUT2D eigenvalue weighted by Crippen LogP contribution is 2.15. The molecule has 60 valence electrons. The van der Waals surface area contributed by atoms with Gasteiger partial charge in [0.25, 0.3) is 0 Å². The minimum atomic E-state index is -0.547. The standard InChI is InChI=1S/C7H15NO2/c1-5-7(2,10-4)6(8)9-3/h8H,5H2,1-4H3. The molecule has 0 aromatic rings. The van der Waals surface area contributed by atoms with E-state index in [9.17, 15) is 0 Å². The van der Waals surface area contributed by atoms with Crippen LogP contribution in [0.4, 0.5) is 0 Å². The first-order chi connectivity index (χ1) is 4.60. The summed E-state index contributed by atoms with van der Waals surface area (Å²) in [6, 6.07) is 0. The average molecular weight is 145 g/mol. The second-order valence-electron chi connectivity index (χ2n) is 2.32. The van der Waals surface area contributed by atoms with Crippen LogP contribution in [0.25, 0.3) is 0 Å². The Balaban J connectivity index is 4.17. The zero-order valence-corrected chi connectivity index (χ0v) is 7.02. The summed E-state index contributed by atoms with van der Waals surface area (Å²) in [4.78, 5) is 0. The molecule has 0 bridgehead atoms. The van der Waals surface area contributed by atoms with E-state index in [4.69, 9.17) is 14.9 Å². The largest absolute Gasteiger partial charge is 0.482 e. The molecular formula is C7H15NO2. The number of hydrogen-bond acceptors (Lipinski definition) is 3. The van der Waals surface area contributed by atoms with Crippen molar-refractivity contribution in [1.29, 1.82) is 5.41 Å². The van der Waals surface area contributed by atoms with Crippen LogP contribution in [0.3, 0.4) is 0 Å². The molecule has 3 heteroatoms. The molecule has 0 aromatic carbocycles. The number of methoxy groups -OCH3 is 2. The van der Waals surface area contributed by atoms with Gasteiger partial charge in [0.2, 0.25) is 5.90 Å². The van der Waals surface area contributed by atoms with Gasteiger partial charge in [-0.1, -0.05) is 6.92 Å². The van der Waals surface area contributed by atoms with E-state index in [2.05, 4.69) is 0 Å². The zero-order chi connectivity index (χ0) is 8.20. The van der Waals surface area contributed by atoms with Gasteiger partial charge in [-0.15, -0.1) is 0 Å². The van der Waals surface area contributed by atoms with Gasteiger partial charge in [-0.05, 0) is 13.3 Å². The van der Waals surface area contributed by atoms with Crippen LogP contribution in [-0.4, -0.2) is 25.7 Å². The van der Waals surface area contributed by atoms with E-state index in [1.807, 2.05) is 13.8 Å². The fourth-order valence-electron chi connectivity index (χ4n) is 0.613. The molecule has 0 aromatic heterocycles. The highest BCUT2D eigenvalue weighted by atomic mass is 16.5. The lowest BCUT2D eigenvalue weighted by molar-refractivity contribution is 0.0427. The van der Waals surface area contributed by atoms with E-state index < -0.39 is 5.60 Å². The molecule has 0 saturated heterocycles. The van der Waals surface area contributed by atoms with Crippen molar-refractivity contribution in [2.75, 3.05) is 14.2 Å². The first kappa shape index (κ1) is 9.43. The molecule has 1 atom stereocenters. The maximum absolute atomic E-state index is 7.34. The zero-order valence-electron chi connectivity index (χ0n) is 7.02. The number of ether oxygens (including phenoxy) is 2. The second-order valence-corrected chi connectivity index (χ2v) is 2.32. The first-order valence-electron chi connectivity index (χ1n) is 3.29. The molecule has 0 spiro atoms. The molecule has 10 heavy (non-hydrogen) atoms. The van der Waals surface area contributed by atoms with Crippen molar-refractivity contribution < 1.29 is 9.47 Å². The van der Waals surface area contributed by atoms with E-state index in [1.54, 1.807) is 7.11 Å². The van der Waals surface area contributed by atoms with Crippen molar-refractivity contribution in [3.63, 3.8) is 0 Å². The van der Waals surface area contributed by atoms with Crippen molar-refractivity contribution in [2.45, 2.75) is 25.9 Å². The van der Waals surface area contributed by atoms with E-state index >= 15 is 0 Å². The molecule has 1 N–H and O–H groups in total. The van der Waals surface area contributed by atoms with Crippen LogP contribution in [0.2, 0.25) is 0 Å². The van der Waals surface area contributed by atoms with Gasteiger partial charge in [0.15, 0.2) is 0 Å². The van der Waals surface area contributed by atoms with Gasteiger partial charge in [0.05, 0.1) is 7.11 Å². The topological polar surface area (TPSA) is 42.3 Å². The summed E-state index contributed by atoms with van der Waals surface area (Å²) in [6.07, 6.45) is 0.746. The summed E-state index contributed by atoms with van der Waals surface area (Å²) in [5.74, 6) is 0.178. The minimum Gasteiger partial charge on any atom is -0.482 e. The van der Waals surface area contributed by atoms with Crippen molar-refractivity contribution in [1.82, 2.24) is 0 Å². The fourth-order valence-corrected chi connectivity index (χ4v) is 0.613. The van der Waals surface area contributed by atoms with Crippen LogP contribution in [0.1, 0.15) is 20.3 Å². The maximum atomic E-state index is 7.34. The highest BCUT2D eigenvalue weighted by molar-refractivity contribution is 5.81. The van der Waals surface area contributed by atoms with E-state index in [0.29, 0.717) is 0 Å². The summed E-state index contributed by atoms with van der Waals surface area (Å²) in [5.41, 5.74) is -0.547. The van der Waals surface area contributed by atoms with Gasteiger partial charge in [-0.2, -0.15) is 0 Å². The molecule has 0 amide bonds. The quantitative estimate of drug-likeness (QED) is 0.482. The predicted octanol–water partition coefficient (Wildman–Crippen LogP) is 1.43. The van der Waals surface area contributed by atoms with Gasteiger partial charge >= 0.3 is 0 Å². The molecule has 0 heterocycles. The van der Waals surface area contributed by atoms with Gasteiger partial charge in [-0.3, -0.25) is 5.41 Å². The molecular weight excluding hydrogens is 130 g/mol. The lowest BCUT2D eigenvalue weighted by Crippen LogP contribution is -2.37. The number of rotatable bonds is 3. The lowest BCUT2D eigenvalue weighted by atomic mass is 10.0. The molecule has 0 fully saturated rings. The third-order valence-electron chi connectivity index (χ3n) is 1.81. The molecule has 0 radical (unpaired) electrons. The summed E-state index contributed by atoms with van der Waals surface area (Å²) in [6.45, 7) is 3.79. The molecule has 3 nitrogen and oxygen atoms in total. The van der Waals surface area contributed by atoms with Crippen molar-refractivity contribution in [2.24, 2.45) is 0 Å². The Bertz CT molecular complexity index is 119. The third kappa shape index (κ3) is 1.70. The van der Waals surface area contributed by atoms with Crippen LogP contribution in [-0.2, 0) is 9.47 Å². The molecule has 0 aliphatic carbocycles. The fraction of sp³-hybridized carbons (Fsp3) is 0.857. The number of hydrogen-bond donors (Lipinski definition) is 1. The molecule has 0 aliphatic heterocycles. The molecule has 0 rings (SSSR count). The smallest absolute Gasteiger partial charge is 0.213 e. The van der Waals surface area contributed by atoms with Gasteiger partial charge < -0.3 is 9.47 Å². The van der Waals surface area contributed by atoms with E-state index in [-0.39, 0.29) is 5.90 Å². The molecule has 0 saturated carbocycles. The lowest BCUT2D eigenvalue weighted by Gasteiger charge is -2.25. The maximum Gasteiger partial charge on any atom is 0.213 e. The van der Waals surface area contributed by atoms with Crippen molar-refractivity contribution >= 4 is 5.90 Å². The Morgan fingerprint density at radius 3 is 2.10 bits per heavy atom. The highest BCUT2D eigenvalue weighted by Gasteiger charge is 2.27. The van der Waals surface area contributed by atoms with Crippen LogP contribution in [0.15, 0.2) is 0 Å². The average Bonchev–Trinajstić information content (AvgIpc) is 2.01. The summed E-state index contributed by atoms with van der Waals surface area (Å²) >= 11 is 0. The van der Waals surface area contributed by atoms with Gasteiger partial charge in [0.1, 0.15) is 5.60 Å². The first-order valence-corrected chi connectivity index (χ1v) is 3.29. The normalized spacial score (nSPS) is 16.0. The SMILES string of the molecule is CCC(C)(OC)C(=N)OC. The van der Waals surface area contributed by atoms with E-state index in [1.165, 1.54) is 7.11 Å². The third-order valence-corrected chi connectivity index (χ3v) is 1.81.